The van der Waals surface area contributed by atoms with Gasteiger partial charge in [0, 0.05) is 52.3 Å². The fraction of sp³-hybridized carbons (Fsp3) is 0.192. The summed E-state index contributed by atoms with van der Waals surface area (Å²) in [5.41, 5.74) is 6.38. The first-order valence-corrected chi connectivity index (χ1v) is 20.7. The number of nitrogens with two attached hydrogens (primary N) is 1. The number of carboxylic acid groups (broad SMARTS) is 1. The Morgan fingerprint density at radius 3 is 1.21 bits per heavy atom. The smallest absolute Gasteiger partial charge is 0.335 e. The Bertz CT molecular complexity index is 2730. The largest absolute Gasteiger partial charge is 0.478 e. The van der Waals surface area contributed by atoms with Gasteiger partial charge in [-0.05, 0) is 110 Å². The number of nitrogen functional groups attached to an aromatic ring is 1. The van der Waals surface area contributed by atoms with Crippen molar-refractivity contribution < 1.29 is 58.6 Å². The molecule has 6 rings (SSSR count). The Balaban J connectivity index is 0.000000250. The van der Waals surface area contributed by atoms with Gasteiger partial charge in [-0.2, -0.15) is 0 Å². The Morgan fingerprint density at radius 1 is 0.493 bits per heavy atom. The van der Waals surface area contributed by atoms with Crippen molar-refractivity contribution in [2.75, 3.05) is 11.1 Å². The normalized spacial score (nSPS) is 10.3. The van der Waals surface area contributed by atoms with Crippen LogP contribution >= 0.6 is 0 Å². The molecule has 0 saturated heterocycles. The molecule has 0 heterocycles. The molecule has 0 aliphatic heterocycles. The molecule has 0 aliphatic rings. The lowest BCUT2D eigenvalue weighted by Crippen LogP contribution is -2.12. The van der Waals surface area contributed by atoms with Gasteiger partial charge in [0.1, 0.15) is 23.3 Å². The van der Waals surface area contributed by atoms with Crippen molar-refractivity contribution in [3.8, 4) is 23.7 Å². The van der Waals surface area contributed by atoms with Crippen molar-refractivity contribution in [2.45, 2.75) is 65.2 Å². The minimum atomic E-state index is -1.63. The van der Waals surface area contributed by atoms with Gasteiger partial charge < -0.3 is 16.2 Å². The average molecular weight is 933 g/mol. The molecule has 0 atom stereocenters. The summed E-state index contributed by atoms with van der Waals surface area (Å²) in [4.78, 5) is 23.0. The van der Waals surface area contributed by atoms with Crippen LogP contribution in [0.3, 0.4) is 0 Å². The minimum absolute atomic E-state index is 0.128. The van der Waals surface area contributed by atoms with E-state index in [4.69, 9.17) is 10.8 Å². The topological polar surface area (TPSA) is 92.4 Å². The zero-order valence-electron chi connectivity index (χ0n) is 36.0. The first-order chi connectivity index (χ1) is 31.9. The molecule has 0 aromatic heterocycles. The Kier molecular flexibility index (Phi) is 19.6. The number of carboxylic acids is 1. The summed E-state index contributed by atoms with van der Waals surface area (Å²) in [6.07, 6.45) is 7.06. The molecule has 0 bridgehead atoms. The van der Waals surface area contributed by atoms with E-state index in [1.807, 2.05) is 6.92 Å². The number of halogens is 10. The number of rotatable bonds is 11. The fourth-order valence-electron chi connectivity index (χ4n) is 6.01. The molecule has 0 unspecified atom stereocenters. The Morgan fingerprint density at radius 2 is 0.851 bits per heavy atom. The number of anilines is 2. The molecule has 15 heteroatoms. The predicted molar refractivity (Wildman–Crippen MR) is 236 cm³/mol. The first-order valence-electron chi connectivity index (χ1n) is 20.7. The number of aromatic carboxylic acids is 1. The molecule has 348 valence electrons. The van der Waals surface area contributed by atoms with E-state index in [0.29, 0.717) is 47.2 Å². The molecule has 0 saturated carbocycles. The van der Waals surface area contributed by atoms with Crippen LogP contribution in [0.2, 0.25) is 0 Å². The number of hydrogen-bond donors (Lipinski definition) is 3. The SMILES string of the molecule is CCCCCc1cc(F)c(C#Cc2ccc(C(=O)Nc3cc(F)c(F)c(F)c3)cc2)c(F)c1.CCCCCc1cc(F)c(C#Cc2ccc(C(=O)O)cc2)c(F)c1.Nc1cc(F)c(F)c(F)c1. The van der Waals surface area contributed by atoms with Crippen molar-refractivity contribution in [3.63, 3.8) is 0 Å². The molecule has 0 aliphatic carbocycles. The van der Waals surface area contributed by atoms with Crippen LogP contribution in [-0.2, 0) is 12.8 Å². The molecule has 67 heavy (non-hydrogen) atoms. The van der Waals surface area contributed by atoms with Gasteiger partial charge in [0.2, 0.25) is 0 Å². The molecule has 0 fully saturated rings. The third-order valence-corrected chi connectivity index (χ3v) is 9.53. The predicted octanol–water partition coefficient (Wildman–Crippen LogP) is 13.2. The lowest BCUT2D eigenvalue weighted by Gasteiger charge is -2.06. The zero-order chi connectivity index (χ0) is 49.2. The number of unbranched alkanes of at least 4 members (excludes halogenated alkanes) is 4. The number of amides is 1. The van der Waals surface area contributed by atoms with Gasteiger partial charge in [-0.3, -0.25) is 4.79 Å². The number of nitrogens with one attached hydrogen (secondary N) is 1. The van der Waals surface area contributed by atoms with E-state index in [2.05, 4.69) is 35.9 Å². The molecule has 1 amide bonds. The zero-order valence-corrected chi connectivity index (χ0v) is 36.0. The summed E-state index contributed by atoms with van der Waals surface area (Å²) in [6.45, 7) is 4.12. The van der Waals surface area contributed by atoms with Crippen molar-refractivity contribution in [3.05, 3.63) is 200 Å². The lowest BCUT2D eigenvalue weighted by molar-refractivity contribution is 0.0696. The summed E-state index contributed by atoms with van der Waals surface area (Å²) in [6, 6.07) is 19.5. The maximum atomic E-state index is 14.3. The van der Waals surface area contributed by atoms with E-state index in [1.165, 1.54) is 72.8 Å². The second kappa shape index (κ2) is 25.2. The first kappa shape index (κ1) is 52.1. The van der Waals surface area contributed by atoms with Crippen molar-refractivity contribution in [1.82, 2.24) is 0 Å². The van der Waals surface area contributed by atoms with E-state index in [-0.39, 0.29) is 33.6 Å². The minimum Gasteiger partial charge on any atom is -0.478 e. The van der Waals surface area contributed by atoms with Crippen LogP contribution in [0.4, 0.5) is 55.3 Å². The number of hydrogen-bond acceptors (Lipinski definition) is 3. The van der Waals surface area contributed by atoms with Crippen LogP contribution in [0.5, 0.6) is 0 Å². The fourth-order valence-corrected chi connectivity index (χ4v) is 6.01. The second-order valence-electron chi connectivity index (χ2n) is 14.7. The van der Waals surface area contributed by atoms with Crippen LogP contribution in [0, 0.1) is 81.9 Å². The highest BCUT2D eigenvalue weighted by Crippen LogP contribution is 2.21. The summed E-state index contributed by atoms with van der Waals surface area (Å²) in [7, 11) is 0. The number of benzene rings is 6. The van der Waals surface area contributed by atoms with E-state index < -0.39 is 70.0 Å². The maximum Gasteiger partial charge on any atom is 0.335 e. The third-order valence-electron chi connectivity index (χ3n) is 9.53. The molecule has 0 radical (unpaired) electrons. The van der Waals surface area contributed by atoms with Gasteiger partial charge in [-0.1, -0.05) is 63.2 Å². The summed E-state index contributed by atoms with van der Waals surface area (Å²) in [5, 5.41) is 11.1. The van der Waals surface area contributed by atoms with Gasteiger partial charge >= 0.3 is 5.97 Å². The molecule has 6 aromatic rings. The van der Waals surface area contributed by atoms with E-state index in [1.54, 1.807) is 0 Å². The number of aryl methyl sites for hydroxylation is 2. The standard InChI is InChI=1S/C26H20F5NO.C20H18F2O2.C6H4F3N/c1-2-3-4-5-17-12-21(27)20(22(28)13-17)11-8-16-6-9-18(10-7-16)26(33)32-19-14-23(29)25(31)24(30)15-19;1-2-3-4-5-15-12-18(21)17(19(22)13-15)11-8-14-6-9-16(10-7-14)20(23)24;7-4-1-3(10)2-5(8)6(4)9/h6-7,9-10,12-15H,2-5H2,1H3,(H,32,33);6-7,9-10,12-13H,2-5H2,1H3,(H,23,24);1-2H,10H2. The molecule has 5 nitrogen and oxygen atoms in total. The highest BCUT2D eigenvalue weighted by atomic mass is 19.2. The molecule has 0 spiro atoms. The highest BCUT2D eigenvalue weighted by Gasteiger charge is 2.15. The van der Waals surface area contributed by atoms with Crippen molar-refractivity contribution in [1.29, 1.82) is 0 Å². The summed E-state index contributed by atoms with van der Waals surface area (Å²) in [5.74, 6) is -2.76. The lowest BCUT2D eigenvalue weighted by atomic mass is 10.0. The van der Waals surface area contributed by atoms with Crippen LogP contribution in [-0.4, -0.2) is 17.0 Å². The van der Waals surface area contributed by atoms with Crippen molar-refractivity contribution in [2.24, 2.45) is 0 Å². The van der Waals surface area contributed by atoms with E-state index in [0.717, 1.165) is 50.7 Å². The summed E-state index contributed by atoms with van der Waals surface area (Å²) >= 11 is 0. The van der Waals surface area contributed by atoms with Gasteiger partial charge in [0.25, 0.3) is 5.91 Å². The monoisotopic (exact) mass is 932 g/mol. The quantitative estimate of drug-likeness (QED) is 0.0397. The summed E-state index contributed by atoms with van der Waals surface area (Å²) < 4.78 is 133. The molecule has 4 N–H and O–H groups in total. The van der Waals surface area contributed by atoms with Gasteiger partial charge in [-0.15, -0.1) is 0 Å². The Labute approximate surface area is 380 Å². The second-order valence-corrected chi connectivity index (χ2v) is 14.7. The maximum absolute atomic E-state index is 14.3. The van der Waals surface area contributed by atoms with E-state index in [9.17, 15) is 53.5 Å². The molecular formula is C52H42F10N2O3. The number of carbonyl (C=O) groups excluding carboxylic acids is 1. The van der Waals surface area contributed by atoms with Gasteiger partial charge in [0.05, 0.1) is 16.7 Å². The van der Waals surface area contributed by atoms with Crippen LogP contribution in [0.15, 0.2) is 97.1 Å². The Hall–Kier alpha value is -7.52. The van der Waals surface area contributed by atoms with Crippen LogP contribution in [0.1, 0.15) is 106 Å². The number of carbonyl (C=O) groups is 2. The molecular weight excluding hydrogens is 891 g/mol. The highest BCUT2D eigenvalue weighted by molar-refractivity contribution is 6.04. The van der Waals surface area contributed by atoms with Crippen LogP contribution < -0.4 is 11.1 Å². The van der Waals surface area contributed by atoms with E-state index >= 15 is 0 Å². The van der Waals surface area contributed by atoms with Crippen LogP contribution in [0.25, 0.3) is 0 Å². The van der Waals surface area contributed by atoms with Gasteiger partial charge in [-0.25, -0.2) is 48.7 Å². The third kappa shape index (κ3) is 15.9. The van der Waals surface area contributed by atoms with Crippen molar-refractivity contribution >= 4 is 23.3 Å². The molecule has 6 aromatic carbocycles. The van der Waals surface area contributed by atoms with Gasteiger partial charge in [0.15, 0.2) is 34.9 Å². The average Bonchev–Trinajstić information content (AvgIpc) is 3.28.